The highest BCUT2D eigenvalue weighted by Crippen LogP contribution is 2.48. The molecule has 0 aromatic heterocycles. The molecule has 0 aliphatic heterocycles. The van der Waals surface area contributed by atoms with Gasteiger partial charge in [-0.2, -0.15) is 0 Å². The first-order valence-corrected chi connectivity index (χ1v) is 5.56. The highest BCUT2D eigenvalue weighted by atomic mass is 19.1. The molecule has 0 radical (unpaired) electrons. The molecule has 1 saturated carbocycles. The first kappa shape index (κ1) is 10.3. The number of hydrogen-bond donors (Lipinski definition) is 1. The first-order valence-electron chi connectivity index (χ1n) is 5.56. The second kappa shape index (κ2) is 3.29. The van der Waals surface area contributed by atoms with Crippen molar-refractivity contribution in [2.45, 2.75) is 18.3 Å². The van der Waals surface area contributed by atoms with E-state index in [0.29, 0.717) is 18.2 Å². The van der Waals surface area contributed by atoms with Crippen molar-refractivity contribution in [1.29, 1.82) is 0 Å². The number of fused-ring (bicyclic) bond motifs is 1. The maximum absolute atomic E-state index is 13.5. The van der Waals surface area contributed by atoms with E-state index < -0.39 is 11.4 Å². The van der Waals surface area contributed by atoms with Gasteiger partial charge in [-0.25, -0.2) is 4.39 Å². The lowest BCUT2D eigenvalue weighted by molar-refractivity contribution is -0.140. The van der Waals surface area contributed by atoms with Gasteiger partial charge in [0.05, 0.1) is 5.41 Å². The average Bonchev–Trinajstić information content (AvgIpc) is 3.10. The third kappa shape index (κ3) is 1.42. The van der Waals surface area contributed by atoms with Crippen molar-refractivity contribution in [2.24, 2.45) is 0 Å². The molecule has 1 fully saturated rings. The number of halogens is 1. The monoisotopic (exact) mass is 230 g/mol. The van der Waals surface area contributed by atoms with Gasteiger partial charge in [-0.05, 0) is 35.9 Å². The zero-order chi connectivity index (χ0) is 12.0. The molecule has 1 aliphatic carbocycles. The Morgan fingerprint density at radius 1 is 1.24 bits per heavy atom. The van der Waals surface area contributed by atoms with Crippen LogP contribution in [0.5, 0.6) is 0 Å². The van der Waals surface area contributed by atoms with Crippen LogP contribution < -0.4 is 0 Å². The predicted octanol–water partition coefficient (Wildman–Crippen LogP) is 3.10. The fourth-order valence-corrected chi connectivity index (χ4v) is 2.29. The molecular formula is C14H11FO2. The van der Waals surface area contributed by atoms with Crippen LogP contribution >= 0.6 is 0 Å². The van der Waals surface area contributed by atoms with Crippen LogP contribution in [0.15, 0.2) is 36.4 Å². The van der Waals surface area contributed by atoms with Crippen LogP contribution in [-0.2, 0) is 10.2 Å². The molecule has 0 spiro atoms. The molecule has 17 heavy (non-hydrogen) atoms. The van der Waals surface area contributed by atoms with E-state index in [1.165, 1.54) is 6.07 Å². The van der Waals surface area contributed by atoms with Crippen molar-refractivity contribution < 1.29 is 14.3 Å². The van der Waals surface area contributed by atoms with Crippen LogP contribution in [0.1, 0.15) is 18.4 Å². The largest absolute Gasteiger partial charge is 0.481 e. The van der Waals surface area contributed by atoms with Crippen LogP contribution in [0.4, 0.5) is 4.39 Å². The molecule has 2 aromatic carbocycles. The number of hydrogen-bond acceptors (Lipinski definition) is 1. The van der Waals surface area contributed by atoms with Crippen LogP contribution in [0.3, 0.4) is 0 Å². The Kier molecular flexibility index (Phi) is 1.99. The summed E-state index contributed by atoms with van der Waals surface area (Å²) >= 11 is 0. The van der Waals surface area contributed by atoms with E-state index in [1.54, 1.807) is 30.3 Å². The van der Waals surface area contributed by atoms with Crippen LogP contribution in [-0.4, -0.2) is 11.1 Å². The Hall–Kier alpha value is -1.90. The second-order valence-corrected chi connectivity index (χ2v) is 4.56. The molecule has 3 rings (SSSR count). The molecule has 0 bridgehead atoms. The normalized spacial score (nSPS) is 17.0. The van der Waals surface area contributed by atoms with Gasteiger partial charge in [0.15, 0.2) is 0 Å². The van der Waals surface area contributed by atoms with E-state index in [4.69, 9.17) is 0 Å². The third-order valence-corrected chi connectivity index (χ3v) is 3.54. The highest BCUT2D eigenvalue weighted by Gasteiger charge is 2.51. The van der Waals surface area contributed by atoms with Crippen molar-refractivity contribution in [3.05, 3.63) is 47.8 Å². The number of aliphatic carboxylic acids is 1. The molecule has 1 N–H and O–H groups in total. The summed E-state index contributed by atoms with van der Waals surface area (Å²) in [5.74, 6) is -1.05. The molecule has 2 aromatic rings. The minimum atomic E-state index is -0.784. The summed E-state index contributed by atoms with van der Waals surface area (Å²) in [6.07, 6.45) is 1.34. The molecular weight excluding hydrogens is 219 g/mol. The lowest BCUT2D eigenvalue weighted by Gasteiger charge is -2.11. The summed E-state index contributed by atoms with van der Waals surface area (Å²) < 4.78 is 13.5. The van der Waals surface area contributed by atoms with Crippen molar-refractivity contribution >= 4 is 16.7 Å². The van der Waals surface area contributed by atoms with Gasteiger partial charge in [0.2, 0.25) is 0 Å². The van der Waals surface area contributed by atoms with E-state index in [9.17, 15) is 14.3 Å². The smallest absolute Gasteiger partial charge is 0.314 e. The zero-order valence-corrected chi connectivity index (χ0v) is 9.11. The molecule has 0 heterocycles. The highest BCUT2D eigenvalue weighted by molar-refractivity contribution is 5.89. The Morgan fingerprint density at radius 3 is 2.65 bits per heavy atom. The third-order valence-electron chi connectivity index (χ3n) is 3.54. The van der Waals surface area contributed by atoms with Crippen LogP contribution in [0.25, 0.3) is 10.8 Å². The molecule has 1 aliphatic rings. The average molecular weight is 230 g/mol. The van der Waals surface area contributed by atoms with E-state index in [2.05, 4.69) is 0 Å². The van der Waals surface area contributed by atoms with E-state index in [0.717, 1.165) is 10.9 Å². The fraction of sp³-hybridized carbons (Fsp3) is 0.214. The minimum absolute atomic E-state index is 0.269. The first-order chi connectivity index (χ1) is 8.13. The van der Waals surface area contributed by atoms with Crippen LogP contribution in [0.2, 0.25) is 0 Å². The predicted molar refractivity (Wildman–Crippen MR) is 62.5 cm³/mol. The van der Waals surface area contributed by atoms with Gasteiger partial charge in [0.1, 0.15) is 5.82 Å². The van der Waals surface area contributed by atoms with Gasteiger partial charge in [0.25, 0.3) is 0 Å². The van der Waals surface area contributed by atoms with Gasteiger partial charge >= 0.3 is 5.97 Å². The zero-order valence-electron chi connectivity index (χ0n) is 9.11. The van der Waals surface area contributed by atoms with Crippen molar-refractivity contribution in [2.75, 3.05) is 0 Å². The molecule has 0 unspecified atom stereocenters. The molecule has 86 valence electrons. The Bertz CT molecular complexity index is 615. The number of carboxylic acids is 1. The minimum Gasteiger partial charge on any atom is -0.481 e. The van der Waals surface area contributed by atoms with Crippen molar-refractivity contribution in [3.63, 3.8) is 0 Å². The van der Waals surface area contributed by atoms with Crippen molar-refractivity contribution in [1.82, 2.24) is 0 Å². The van der Waals surface area contributed by atoms with Gasteiger partial charge in [-0.1, -0.05) is 24.3 Å². The maximum Gasteiger partial charge on any atom is 0.314 e. The van der Waals surface area contributed by atoms with Gasteiger partial charge in [-0.3, -0.25) is 4.79 Å². The van der Waals surface area contributed by atoms with Crippen molar-refractivity contribution in [3.8, 4) is 0 Å². The number of carboxylic acid groups (broad SMARTS) is 1. The summed E-state index contributed by atoms with van der Waals surface area (Å²) in [5.41, 5.74) is 0.0589. The Labute approximate surface area is 97.7 Å². The fourth-order valence-electron chi connectivity index (χ4n) is 2.29. The summed E-state index contributed by atoms with van der Waals surface area (Å²) in [4.78, 5) is 11.2. The molecule has 0 amide bonds. The lowest BCUT2D eigenvalue weighted by atomic mass is 9.93. The summed E-state index contributed by atoms with van der Waals surface area (Å²) in [6, 6.07) is 10.0. The second-order valence-electron chi connectivity index (χ2n) is 4.56. The molecule has 3 heteroatoms. The Morgan fingerprint density at radius 2 is 2.00 bits per heavy atom. The summed E-state index contributed by atoms with van der Waals surface area (Å²) in [5, 5.41) is 10.5. The van der Waals surface area contributed by atoms with E-state index in [-0.39, 0.29) is 5.82 Å². The number of rotatable bonds is 2. The standard InChI is InChI=1S/C14H11FO2/c15-12-3-1-2-9-8-10(4-5-11(9)12)14(6-7-14)13(16)17/h1-5,8H,6-7H2,(H,16,17). The maximum atomic E-state index is 13.5. The van der Waals surface area contributed by atoms with Gasteiger partial charge in [0, 0.05) is 5.39 Å². The van der Waals surface area contributed by atoms with Crippen LogP contribution in [0, 0.1) is 5.82 Å². The lowest BCUT2D eigenvalue weighted by Crippen LogP contribution is -2.19. The van der Waals surface area contributed by atoms with Gasteiger partial charge in [-0.15, -0.1) is 0 Å². The number of carbonyl (C=O) groups is 1. The van der Waals surface area contributed by atoms with E-state index >= 15 is 0 Å². The molecule has 0 atom stereocenters. The molecule has 2 nitrogen and oxygen atoms in total. The molecule has 0 saturated heterocycles. The Balaban J connectivity index is 2.18. The summed E-state index contributed by atoms with van der Waals surface area (Å²) in [7, 11) is 0. The quantitative estimate of drug-likeness (QED) is 0.860. The van der Waals surface area contributed by atoms with Gasteiger partial charge < -0.3 is 5.11 Å². The SMILES string of the molecule is O=C(O)C1(c2ccc3c(F)cccc3c2)CC1. The van der Waals surface area contributed by atoms with E-state index in [1.807, 2.05) is 0 Å². The number of benzene rings is 2. The topological polar surface area (TPSA) is 37.3 Å². The summed E-state index contributed by atoms with van der Waals surface area (Å²) in [6.45, 7) is 0.